The van der Waals surface area contributed by atoms with E-state index in [1.165, 1.54) is 11.8 Å². The highest BCUT2D eigenvalue weighted by Crippen LogP contribution is 2.49. The molecule has 1 saturated carbocycles. The molecule has 1 fully saturated rings. The van der Waals surface area contributed by atoms with Crippen LogP contribution in [0.25, 0.3) is 0 Å². The Bertz CT molecular complexity index is 353. The molecule has 0 aromatic carbocycles. The molecule has 1 atom stereocenters. The van der Waals surface area contributed by atoms with Crippen molar-refractivity contribution in [3.05, 3.63) is 0 Å². The molecule has 1 unspecified atom stereocenters. The van der Waals surface area contributed by atoms with Crippen molar-refractivity contribution in [2.24, 2.45) is 10.4 Å². The van der Waals surface area contributed by atoms with E-state index in [4.69, 9.17) is 0 Å². The van der Waals surface area contributed by atoms with Crippen molar-refractivity contribution in [2.45, 2.75) is 57.0 Å². The third-order valence-corrected chi connectivity index (χ3v) is 4.30. The van der Waals surface area contributed by atoms with Crippen molar-refractivity contribution in [3.8, 4) is 0 Å². The van der Waals surface area contributed by atoms with Crippen molar-refractivity contribution in [2.75, 3.05) is 6.54 Å². The topological polar surface area (TPSA) is 24.4 Å². The Morgan fingerprint density at radius 2 is 1.94 bits per heavy atom. The number of halogens is 3. The summed E-state index contributed by atoms with van der Waals surface area (Å²) in [6.07, 6.45) is -2.87. The number of nitrogens with one attached hydrogen (secondary N) is 1. The molecule has 1 aliphatic carbocycles. The first-order chi connectivity index (χ1) is 8.11. The fourth-order valence-electron chi connectivity index (χ4n) is 2.08. The van der Waals surface area contributed by atoms with E-state index in [1.54, 1.807) is 0 Å². The molecule has 2 rings (SSSR count). The van der Waals surface area contributed by atoms with Crippen molar-refractivity contribution in [1.29, 1.82) is 0 Å². The smallest absolute Gasteiger partial charge is 0.351 e. The Kier molecular flexibility index (Phi) is 3.37. The monoisotopic (exact) mass is 280 g/mol. The van der Waals surface area contributed by atoms with Crippen LogP contribution >= 0.6 is 11.8 Å². The van der Waals surface area contributed by atoms with Gasteiger partial charge in [0.05, 0.1) is 6.54 Å². The summed E-state index contributed by atoms with van der Waals surface area (Å²) < 4.78 is 38.4. The normalized spacial score (nSPS) is 27.0. The molecule has 0 aromatic rings. The lowest BCUT2D eigenvalue weighted by Gasteiger charge is -2.23. The molecule has 0 saturated heterocycles. The third-order valence-electron chi connectivity index (χ3n) is 3.20. The number of hydrogen-bond acceptors (Lipinski definition) is 3. The van der Waals surface area contributed by atoms with Gasteiger partial charge in [0.25, 0.3) is 0 Å². The first-order valence-electron chi connectivity index (χ1n) is 6.17. The number of hydrogen-bond donors (Lipinski definition) is 1. The predicted molar refractivity (Wildman–Crippen MR) is 68.9 cm³/mol. The van der Waals surface area contributed by atoms with E-state index in [-0.39, 0.29) is 18.3 Å². The molecule has 2 nitrogen and oxygen atoms in total. The minimum atomic E-state index is -4.17. The van der Waals surface area contributed by atoms with Crippen LogP contribution in [0.2, 0.25) is 0 Å². The summed E-state index contributed by atoms with van der Waals surface area (Å²) >= 11 is 1.46. The second kappa shape index (κ2) is 4.32. The molecule has 1 heterocycles. The standard InChI is InChI=1S/C12H19F3N2S/c1-10(2,3)6-8-7-16-9(18-8)17-11(4-5-11)12(13,14)15/h8H,4-7H2,1-3H3,(H,16,17). The highest BCUT2D eigenvalue weighted by molar-refractivity contribution is 8.14. The van der Waals surface area contributed by atoms with E-state index in [1.807, 2.05) is 0 Å². The molecule has 0 spiro atoms. The van der Waals surface area contributed by atoms with Crippen LogP contribution in [0, 0.1) is 5.41 Å². The molecule has 1 aliphatic heterocycles. The molecule has 2 aliphatic rings. The van der Waals surface area contributed by atoms with Crippen molar-refractivity contribution < 1.29 is 13.2 Å². The summed E-state index contributed by atoms with van der Waals surface area (Å²) in [5.41, 5.74) is -1.50. The zero-order chi connectivity index (χ0) is 13.6. The van der Waals surface area contributed by atoms with Crippen LogP contribution in [-0.2, 0) is 0 Å². The first-order valence-corrected chi connectivity index (χ1v) is 7.05. The second-order valence-electron chi connectivity index (χ2n) is 6.36. The number of thioether (sulfide) groups is 1. The van der Waals surface area contributed by atoms with E-state index in [0.717, 1.165) is 6.42 Å². The van der Waals surface area contributed by atoms with Gasteiger partial charge in [-0.25, -0.2) is 0 Å². The minimum absolute atomic E-state index is 0.167. The Morgan fingerprint density at radius 3 is 2.39 bits per heavy atom. The summed E-state index contributed by atoms with van der Waals surface area (Å²) in [6, 6.07) is 0. The molecule has 0 bridgehead atoms. The van der Waals surface area contributed by atoms with Crippen LogP contribution in [-0.4, -0.2) is 28.7 Å². The number of amidine groups is 1. The van der Waals surface area contributed by atoms with E-state index in [2.05, 4.69) is 31.1 Å². The molecule has 0 aromatic heterocycles. The van der Waals surface area contributed by atoms with Gasteiger partial charge >= 0.3 is 6.18 Å². The SMILES string of the molecule is CC(C)(C)CC1CN=C(NC2(C(F)(F)F)CC2)S1. The van der Waals surface area contributed by atoms with Crippen molar-refractivity contribution in [3.63, 3.8) is 0 Å². The lowest BCUT2D eigenvalue weighted by atomic mass is 9.90. The maximum Gasteiger partial charge on any atom is 0.411 e. The van der Waals surface area contributed by atoms with Crippen molar-refractivity contribution in [1.82, 2.24) is 5.32 Å². The van der Waals surface area contributed by atoms with Gasteiger partial charge in [-0.3, -0.25) is 4.99 Å². The van der Waals surface area contributed by atoms with E-state index < -0.39 is 11.7 Å². The maximum absolute atomic E-state index is 12.8. The van der Waals surface area contributed by atoms with E-state index in [0.29, 0.717) is 17.0 Å². The fourth-order valence-corrected chi connectivity index (χ4v) is 3.54. The predicted octanol–water partition coefficient (Wildman–Crippen LogP) is 3.58. The van der Waals surface area contributed by atoms with Gasteiger partial charge in [0.1, 0.15) is 5.54 Å². The molecule has 6 heteroatoms. The summed E-state index contributed by atoms with van der Waals surface area (Å²) in [5.74, 6) is 0. The third kappa shape index (κ3) is 3.13. The summed E-state index contributed by atoms with van der Waals surface area (Å²) in [6.45, 7) is 7.03. The summed E-state index contributed by atoms with van der Waals surface area (Å²) in [7, 11) is 0. The van der Waals surface area contributed by atoms with Crippen LogP contribution in [0.4, 0.5) is 13.2 Å². The zero-order valence-corrected chi connectivity index (χ0v) is 11.7. The number of nitrogens with zero attached hydrogens (tertiary/aromatic N) is 1. The Balaban J connectivity index is 1.87. The van der Waals surface area contributed by atoms with Gasteiger partial charge in [0, 0.05) is 5.25 Å². The van der Waals surface area contributed by atoms with Crippen LogP contribution in [0.3, 0.4) is 0 Å². The second-order valence-corrected chi connectivity index (χ2v) is 7.64. The first kappa shape index (κ1) is 14.0. The highest BCUT2D eigenvalue weighted by atomic mass is 32.2. The lowest BCUT2D eigenvalue weighted by molar-refractivity contribution is -0.161. The Hall–Kier alpha value is -0.390. The van der Waals surface area contributed by atoms with Crippen LogP contribution in [0.15, 0.2) is 4.99 Å². The van der Waals surface area contributed by atoms with Gasteiger partial charge in [0.2, 0.25) is 0 Å². The average Bonchev–Trinajstić information content (AvgIpc) is 2.81. The minimum Gasteiger partial charge on any atom is -0.351 e. The molecule has 104 valence electrons. The molecule has 0 amide bonds. The highest BCUT2D eigenvalue weighted by Gasteiger charge is 2.64. The lowest BCUT2D eigenvalue weighted by Crippen LogP contribution is -2.46. The van der Waals surface area contributed by atoms with Gasteiger partial charge in [-0.05, 0) is 24.7 Å². The molecule has 0 radical (unpaired) electrons. The zero-order valence-electron chi connectivity index (χ0n) is 10.9. The van der Waals surface area contributed by atoms with Gasteiger partial charge in [-0.1, -0.05) is 32.5 Å². The van der Waals surface area contributed by atoms with E-state index in [9.17, 15) is 13.2 Å². The van der Waals surface area contributed by atoms with Gasteiger partial charge in [0.15, 0.2) is 5.17 Å². The summed E-state index contributed by atoms with van der Waals surface area (Å²) in [5, 5.41) is 3.38. The van der Waals surface area contributed by atoms with E-state index >= 15 is 0 Å². The maximum atomic E-state index is 12.8. The van der Waals surface area contributed by atoms with Gasteiger partial charge < -0.3 is 5.32 Å². The quantitative estimate of drug-likeness (QED) is 0.836. The number of aliphatic imine (C=N–C) groups is 1. The Morgan fingerprint density at radius 1 is 1.33 bits per heavy atom. The van der Waals surface area contributed by atoms with Crippen LogP contribution < -0.4 is 5.32 Å². The largest absolute Gasteiger partial charge is 0.411 e. The number of rotatable bonds is 2. The van der Waals surface area contributed by atoms with Crippen LogP contribution in [0.5, 0.6) is 0 Å². The van der Waals surface area contributed by atoms with Crippen LogP contribution in [0.1, 0.15) is 40.0 Å². The Labute approximate surface area is 110 Å². The number of alkyl halides is 3. The fraction of sp³-hybridized carbons (Fsp3) is 0.917. The molecular formula is C12H19F3N2S. The summed E-state index contributed by atoms with van der Waals surface area (Å²) in [4.78, 5) is 4.21. The molecular weight excluding hydrogens is 261 g/mol. The average molecular weight is 280 g/mol. The van der Waals surface area contributed by atoms with Crippen molar-refractivity contribution >= 4 is 16.9 Å². The molecule has 18 heavy (non-hydrogen) atoms. The molecule has 1 N–H and O–H groups in total. The van der Waals surface area contributed by atoms with Gasteiger partial charge in [-0.2, -0.15) is 13.2 Å². The van der Waals surface area contributed by atoms with Gasteiger partial charge in [-0.15, -0.1) is 0 Å².